The molecule has 1 N–H and O–H groups in total. The van der Waals surface area contributed by atoms with Crippen LogP contribution in [0.25, 0.3) is 0 Å². The molecule has 1 aliphatic heterocycles. The van der Waals surface area contributed by atoms with Gasteiger partial charge in [0.2, 0.25) is 0 Å². The lowest BCUT2D eigenvalue weighted by molar-refractivity contribution is -0.0262. The topological polar surface area (TPSA) is 24.5 Å². The van der Waals surface area contributed by atoms with Crippen molar-refractivity contribution in [2.45, 2.75) is 43.6 Å². The van der Waals surface area contributed by atoms with E-state index in [1.54, 1.807) is 0 Å². The van der Waals surface area contributed by atoms with Gasteiger partial charge in [-0.05, 0) is 25.6 Å². The molecule has 1 heterocycles. The summed E-state index contributed by atoms with van der Waals surface area (Å²) in [7, 11) is 0. The van der Waals surface area contributed by atoms with Crippen molar-refractivity contribution in [2.24, 2.45) is 0 Å². The van der Waals surface area contributed by atoms with E-state index in [0.29, 0.717) is 12.1 Å². The quantitative estimate of drug-likeness (QED) is 0.809. The van der Waals surface area contributed by atoms with Gasteiger partial charge in [-0.3, -0.25) is 4.90 Å². The minimum Gasteiger partial charge on any atom is -0.374 e. The summed E-state index contributed by atoms with van der Waals surface area (Å²) in [5, 5.41) is 4.54. The van der Waals surface area contributed by atoms with Gasteiger partial charge >= 0.3 is 0 Å². The summed E-state index contributed by atoms with van der Waals surface area (Å²) in [5.41, 5.74) is 0. The van der Waals surface area contributed by atoms with E-state index in [-0.39, 0.29) is 0 Å². The predicted octanol–water partition coefficient (Wildman–Crippen LogP) is 1.58. The van der Waals surface area contributed by atoms with E-state index in [0.717, 1.165) is 38.0 Å². The number of hydrogen-bond donors (Lipinski definition) is 1. The molecule has 0 spiro atoms. The van der Waals surface area contributed by atoms with Crippen molar-refractivity contribution in [3.63, 3.8) is 0 Å². The SMILES string of the molecule is CCN1CCOC(CNC2CCCC2SC)C1. The Labute approximate surface area is 110 Å². The van der Waals surface area contributed by atoms with E-state index in [1.165, 1.54) is 19.3 Å². The molecular formula is C13H26N2OS. The second kappa shape index (κ2) is 6.98. The van der Waals surface area contributed by atoms with E-state index in [1.807, 2.05) is 11.8 Å². The number of likely N-dealkylation sites (N-methyl/N-ethyl adjacent to an activating group) is 1. The average molecular weight is 258 g/mol. The Hall–Kier alpha value is 0.230. The van der Waals surface area contributed by atoms with Gasteiger partial charge in [-0.1, -0.05) is 13.3 Å². The molecule has 0 aromatic rings. The van der Waals surface area contributed by atoms with Crippen LogP contribution in [-0.2, 0) is 4.74 Å². The Kier molecular flexibility index (Phi) is 5.60. The molecule has 2 fully saturated rings. The smallest absolute Gasteiger partial charge is 0.0826 e. The first-order valence-electron chi connectivity index (χ1n) is 6.93. The minimum absolute atomic E-state index is 0.395. The van der Waals surface area contributed by atoms with Crippen LogP contribution < -0.4 is 5.32 Å². The zero-order valence-electron chi connectivity index (χ0n) is 11.2. The molecule has 3 atom stereocenters. The van der Waals surface area contributed by atoms with Crippen molar-refractivity contribution in [2.75, 3.05) is 39.0 Å². The largest absolute Gasteiger partial charge is 0.374 e. The first-order chi connectivity index (χ1) is 8.33. The van der Waals surface area contributed by atoms with Gasteiger partial charge in [0.1, 0.15) is 0 Å². The third kappa shape index (κ3) is 3.85. The molecule has 2 aliphatic rings. The van der Waals surface area contributed by atoms with E-state index in [4.69, 9.17) is 4.74 Å². The van der Waals surface area contributed by atoms with E-state index >= 15 is 0 Å². The summed E-state index contributed by atoms with van der Waals surface area (Å²) in [5.74, 6) is 0. The molecule has 4 heteroatoms. The normalized spacial score (nSPS) is 35.3. The predicted molar refractivity (Wildman–Crippen MR) is 74.8 cm³/mol. The summed E-state index contributed by atoms with van der Waals surface area (Å²) in [6.07, 6.45) is 6.74. The van der Waals surface area contributed by atoms with Gasteiger partial charge in [0.25, 0.3) is 0 Å². The zero-order valence-corrected chi connectivity index (χ0v) is 12.0. The van der Waals surface area contributed by atoms with Crippen molar-refractivity contribution < 1.29 is 4.74 Å². The first kappa shape index (κ1) is 13.7. The van der Waals surface area contributed by atoms with Crippen molar-refractivity contribution in [1.29, 1.82) is 0 Å². The van der Waals surface area contributed by atoms with Crippen LogP contribution >= 0.6 is 11.8 Å². The molecule has 1 saturated carbocycles. The highest BCUT2D eigenvalue weighted by molar-refractivity contribution is 7.99. The van der Waals surface area contributed by atoms with Crippen LogP contribution in [0.4, 0.5) is 0 Å². The van der Waals surface area contributed by atoms with E-state index < -0.39 is 0 Å². The van der Waals surface area contributed by atoms with Gasteiger partial charge in [-0.25, -0.2) is 0 Å². The highest BCUT2D eigenvalue weighted by Gasteiger charge is 2.27. The molecule has 100 valence electrons. The van der Waals surface area contributed by atoms with Gasteiger partial charge in [-0.15, -0.1) is 0 Å². The maximum Gasteiger partial charge on any atom is 0.0826 e. The van der Waals surface area contributed by atoms with Gasteiger partial charge in [0.05, 0.1) is 12.7 Å². The fourth-order valence-corrected chi connectivity index (χ4v) is 3.88. The molecule has 1 aliphatic carbocycles. The summed E-state index contributed by atoms with van der Waals surface area (Å²) in [4.78, 5) is 2.48. The Morgan fingerprint density at radius 1 is 1.41 bits per heavy atom. The number of rotatable bonds is 5. The number of hydrogen-bond acceptors (Lipinski definition) is 4. The second-order valence-electron chi connectivity index (χ2n) is 5.11. The fourth-order valence-electron chi connectivity index (χ4n) is 2.92. The molecule has 0 aromatic carbocycles. The van der Waals surface area contributed by atoms with Gasteiger partial charge in [-0.2, -0.15) is 11.8 Å². The molecule has 0 radical (unpaired) electrons. The van der Waals surface area contributed by atoms with Gasteiger partial charge in [0.15, 0.2) is 0 Å². The third-order valence-corrected chi connectivity index (χ3v) is 5.20. The Balaban J connectivity index is 1.70. The summed E-state index contributed by atoms with van der Waals surface area (Å²) < 4.78 is 5.83. The van der Waals surface area contributed by atoms with Crippen LogP contribution in [-0.4, -0.2) is 61.3 Å². The molecule has 0 amide bonds. The van der Waals surface area contributed by atoms with Gasteiger partial charge < -0.3 is 10.1 Å². The maximum atomic E-state index is 5.83. The van der Waals surface area contributed by atoms with Gasteiger partial charge in [0, 0.05) is 30.9 Å². The Morgan fingerprint density at radius 3 is 3.06 bits per heavy atom. The summed E-state index contributed by atoms with van der Waals surface area (Å²) in [6.45, 7) is 7.51. The number of nitrogens with one attached hydrogen (secondary N) is 1. The van der Waals surface area contributed by atoms with Crippen LogP contribution in [0.5, 0.6) is 0 Å². The third-order valence-electron chi connectivity index (χ3n) is 4.03. The fraction of sp³-hybridized carbons (Fsp3) is 1.00. The van der Waals surface area contributed by atoms with E-state index in [2.05, 4.69) is 23.4 Å². The molecule has 0 bridgehead atoms. The standard InChI is InChI=1S/C13H26N2OS/c1-3-15-7-8-16-11(10-15)9-14-12-5-4-6-13(12)17-2/h11-14H,3-10H2,1-2H3. The molecule has 3 unspecified atom stereocenters. The highest BCUT2D eigenvalue weighted by Crippen LogP contribution is 2.28. The number of nitrogens with zero attached hydrogens (tertiary/aromatic N) is 1. The Bertz CT molecular complexity index is 227. The molecule has 17 heavy (non-hydrogen) atoms. The lowest BCUT2D eigenvalue weighted by atomic mass is 10.2. The van der Waals surface area contributed by atoms with Crippen LogP contribution in [0.3, 0.4) is 0 Å². The highest BCUT2D eigenvalue weighted by atomic mass is 32.2. The zero-order chi connectivity index (χ0) is 12.1. The summed E-state index contributed by atoms with van der Waals surface area (Å²) >= 11 is 2.02. The lowest BCUT2D eigenvalue weighted by Gasteiger charge is -2.33. The molecule has 0 aromatic heterocycles. The minimum atomic E-state index is 0.395. The number of thioether (sulfide) groups is 1. The monoisotopic (exact) mass is 258 g/mol. The summed E-state index contributed by atoms with van der Waals surface area (Å²) in [6, 6.07) is 0.714. The molecule has 3 nitrogen and oxygen atoms in total. The van der Waals surface area contributed by atoms with Crippen molar-refractivity contribution in [3.05, 3.63) is 0 Å². The number of morpholine rings is 1. The van der Waals surface area contributed by atoms with Crippen LogP contribution in [0.15, 0.2) is 0 Å². The van der Waals surface area contributed by atoms with Crippen LogP contribution in [0.2, 0.25) is 0 Å². The average Bonchev–Trinajstić information content (AvgIpc) is 2.84. The van der Waals surface area contributed by atoms with Crippen molar-refractivity contribution in [3.8, 4) is 0 Å². The van der Waals surface area contributed by atoms with Crippen LogP contribution in [0.1, 0.15) is 26.2 Å². The van der Waals surface area contributed by atoms with Crippen LogP contribution in [0, 0.1) is 0 Å². The van der Waals surface area contributed by atoms with Crippen molar-refractivity contribution in [1.82, 2.24) is 10.2 Å². The molecule has 2 rings (SSSR count). The first-order valence-corrected chi connectivity index (χ1v) is 8.22. The lowest BCUT2D eigenvalue weighted by Crippen LogP contribution is -2.48. The number of ether oxygens (including phenoxy) is 1. The van der Waals surface area contributed by atoms with Crippen molar-refractivity contribution >= 4 is 11.8 Å². The molecule has 1 saturated heterocycles. The molecular weight excluding hydrogens is 232 g/mol. The Morgan fingerprint density at radius 2 is 2.29 bits per heavy atom. The second-order valence-corrected chi connectivity index (χ2v) is 6.18. The maximum absolute atomic E-state index is 5.83. The van der Waals surface area contributed by atoms with E-state index in [9.17, 15) is 0 Å².